The number of aromatic amines is 1. The molecule has 3 aromatic rings. The predicted molar refractivity (Wildman–Crippen MR) is 67.2 cm³/mol. The van der Waals surface area contributed by atoms with E-state index in [0.29, 0.717) is 24.7 Å². The van der Waals surface area contributed by atoms with Crippen molar-refractivity contribution in [1.29, 1.82) is 0 Å². The van der Waals surface area contributed by atoms with Gasteiger partial charge in [-0.15, -0.1) is 0 Å². The molecule has 0 saturated heterocycles. The third kappa shape index (κ3) is 2.00. The molecular weight excluding hydrogens is 230 g/mol. The molecule has 0 aliphatic heterocycles. The number of hydrogen-bond donors (Lipinski definition) is 1. The average molecular weight is 243 g/mol. The first-order chi connectivity index (χ1) is 8.86. The van der Waals surface area contributed by atoms with E-state index in [9.17, 15) is 0 Å². The van der Waals surface area contributed by atoms with E-state index in [1.54, 1.807) is 7.11 Å². The van der Waals surface area contributed by atoms with Crippen LogP contribution in [0.4, 0.5) is 0 Å². The third-order valence-electron chi connectivity index (χ3n) is 2.80. The van der Waals surface area contributed by atoms with Crippen molar-refractivity contribution in [3.8, 4) is 11.5 Å². The average Bonchev–Trinajstić information content (AvgIpc) is 3.04. The van der Waals surface area contributed by atoms with Crippen LogP contribution in [0, 0.1) is 0 Å². The Balaban J connectivity index is 1.90. The molecule has 0 spiro atoms. The summed E-state index contributed by atoms with van der Waals surface area (Å²) in [7, 11) is 1.65. The van der Waals surface area contributed by atoms with E-state index in [1.807, 2.05) is 30.5 Å². The molecule has 0 amide bonds. The molecule has 2 heterocycles. The van der Waals surface area contributed by atoms with Crippen molar-refractivity contribution in [2.24, 2.45) is 0 Å². The second-order valence-electron chi connectivity index (χ2n) is 4.04. The summed E-state index contributed by atoms with van der Waals surface area (Å²) >= 11 is 0. The topological polar surface area (TPSA) is 63.9 Å². The number of aromatic nitrogens is 3. The SMILES string of the molecule is COCCc1noc(-c2ccc3cc[nH]c3c2)n1. The maximum Gasteiger partial charge on any atom is 0.257 e. The lowest BCUT2D eigenvalue weighted by Gasteiger charge is -1.94. The first-order valence-corrected chi connectivity index (χ1v) is 5.76. The Morgan fingerprint density at radius 3 is 3.17 bits per heavy atom. The van der Waals surface area contributed by atoms with Gasteiger partial charge in [0.15, 0.2) is 5.82 Å². The molecule has 1 N–H and O–H groups in total. The molecule has 0 bridgehead atoms. The summed E-state index contributed by atoms with van der Waals surface area (Å²) < 4.78 is 10.2. The normalized spacial score (nSPS) is 11.2. The van der Waals surface area contributed by atoms with Gasteiger partial charge >= 0.3 is 0 Å². The first-order valence-electron chi connectivity index (χ1n) is 5.76. The smallest absolute Gasteiger partial charge is 0.257 e. The minimum Gasteiger partial charge on any atom is -0.384 e. The van der Waals surface area contributed by atoms with Crippen LogP contribution in [0.3, 0.4) is 0 Å². The summed E-state index contributed by atoms with van der Waals surface area (Å²) in [5.41, 5.74) is 1.98. The lowest BCUT2D eigenvalue weighted by Crippen LogP contribution is -1.96. The number of nitrogens with zero attached hydrogens (tertiary/aromatic N) is 2. The molecule has 5 nitrogen and oxygen atoms in total. The summed E-state index contributed by atoms with van der Waals surface area (Å²) in [4.78, 5) is 7.50. The fraction of sp³-hybridized carbons (Fsp3) is 0.231. The molecule has 5 heteroatoms. The van der Waals surface area contributed by atoms with Crippen LogP contribution in [0.25, 0.3) is 22.4 Å². The summed E-state index contributed by atoms with van der Waals surface area (Å²) in [6, 6.07) is 8.03. The zero-order valence-electron chi connectivity index (χ0n) is 10.0. The van der Waals surface area contributed by atoms with Crippen LogP contribution in [0.1, 0.15) is 5.82 Å². The number of fused-ring (bicyclic) bond motifs is 1. The van der Waals surface area contributed by atoms with Gasteiger partial charge in [-0.3, -0.25) is 0 Å². The maximum atomic E-state index is 5.24. The largest absolute Gasteiger partial charge is 0.384 e. The summed E-state index contributed by atoms with van der Waals surface area (Å²) in [6.07, 6.45) is 2.57. The van der Waals surface area contributed by atoms with Crippen LogP contribution in [-0.2, 0) is 11.2 Å². The maximum absolute atomic E-state index is 5.24. The second-order valence-corrected chi connectivity index (χ2v) is 4.04. The molecule has 0 aliphatic carbocycles. The minimum atomic E-state index is 0.539. The fourth-order valence-electron chi connectivity index (χ4n) is 1.85. The van der Waals surface area contributed by atoms with E-state index in [4.69, 9.17) is 9.26 Å². The summed E-state index contributed by atoms with van der Waals surface area (Å²) in [6.45, 7) is 0.592. The van der Waals surface area contributed by atoms with Gasteiger partial charge < -0.3 is 14.2 Å². The van der Waals surface area contributed by atoms with Crippen molar-refractivity contribution in [3.63, 3.8) is 0 Å². The van der Waals surface area contributed by atoms with E-state index in [0.717, 1.165) is 16.5 Å². The van der Waals surface area contributed by atoms with Gasteiger partial charge in [-0.2, -0.15) is 4.98 Å². The number of hydrogen-bond acceptors (Lipinski definition) is 4. The number of methoxy groups -OCH3 is 1. The Kier molecular flexibility index (Phi) is 2.82. The van der Waals surface area contributed by atoms with Crippen molar-refractivity contribution < 1.29 is 9.26 Å². The van der Waals surface area contributed by atoms with Gasteiger partial charge in [-0.25, -0.2) is 0 Å². The Morgan fingerprint density at radius 1 is 1.33 bits per heavy atom. The van der Waals surface area contributed by atoms with Gasteiger partial charge in [0.1, 0.15) is 0 Å². The number of ether oxygens (including phenoxy) is 1. The van der Waals surface area contributed by atoms with E-state index in [2.05, 4.69) is 15.1 Å². The summed E-state index contributed by atoms with van der Waals surface area (Å²) in [5.74, 6) is 1.20. The van der Waals surface area contributed by atoms with Crippen molar-refractivity contribution in [2.75, 3.05) is 13.7 Å². The van der Waals surface area contributed by atoms with Crippen LogP contribution in [-0.4, -0.2) is 28.8 Å². The highest BCUT2D eigenvalue weighted by Gasteiger charge is 2.09. The predicted octanol–water partition coefficient (Wildman–Crippen LogP) is 2.41. The van der Waals surface area contributed by atoms with E-state index < -0.39 is 0 Å². The summed E-state index contributed by atoms with van der Waals surface area (Å²) in [5, 5.41) is 5.09. The van der Waals surface area contributed by atoms with Crippen LogP contribution in [0.5, 0.6) is 0 Å². The first kappa shape index (κ1) is 11.0. The van der Waals surface area contributed by atoms with Crippen LogP contribution < -0.4 is 0 Å². The van der Waals surface area contributed by atoms with Crippen molar-refractivity contribution >= 4 is 10.9 Å². The van der Waals surface area contributed by atoms with Crippen LogP contribution >= 0.6 is 0 Å². The quantitative estimate of drug-likeness (QED) is 0.764. The van der Waals surface area contributed by atoms with Crippen molar-refractivity contribution in [1.82, 2.24) is 15.1 Å². The zero-order chi connectivity index (χ0) is 12.4. The molecule has 0 fully saturated rings. The highest BCUT2D eigenvalue weighted by Crippen LogP contribution is 2.22. The molecule has 18 heavy (non-hydrogen) atoms. The second kappa shape index (κ2) is 4.62. The molecule has 3 rings (SSSR count). The third-order valence-corrected chi connectivity index (χ3v) is 2.80. The molecule has 0 atom stereocenters. The van der Waals surface area contributed by atoms with Gasteiger partial charge in [0.2, 0.25) is 0 Å². The Morgan fingerprint density at radius 2 is 2.28 bits per heavy atom. The molecule has 0 radical (unpaired) electrons. The lowest BCUT2D eigenvalue weighted by atomic mass is 10.1. The fourth-order valence-corrected chi connectivity index (χ4v) is 1.85. The molecule has 2 aromatic heterocycles. The molecule has 0 aliphatic rings. The highest BCUT2D eigenvalue weighted by atomic mass is 16.5. The molecule has 92 valence electrons. The Hall–Kier alpha value is -2.14. The minimum absolute atomic E-state index is 0.539. The van der Waals surface area contributed by atoms with E-state index in [-0.39, 0.29) is 0 Å². The zero-order valence-corrected chi connectivity index (χ0v) is 10.0. The monoisotopic (exact) mass is 243 g/mol. The number of nitrogens with one attached hydrogen (secondary N) is 1. The molecule has 0 saturated carbocycles. The van der Waals surface area contributed by atoms with E-state index >= 15 is 0 Å². The van der Waals surface area contributed by atoms with Crippen molar-refractivity contribution in [3.05, 3.63) is 36.3 Å². The van der Waals surface area contributed by atoms with E-state index in [1.165, 1.54) is 0 Å². The van der Waals surface area contributed by atoms with Gasteiger partial charge in [0, 0.05) is 30.8 Å². The number of rotatable bonds is 4. The van der Waals surface area contributed by atoms with Crippen molar-refractivity contribution in [2.45, 2.75) is 6.42 Å². The van der Waals surface area contributed by atoms with Gasteiger partial charge in [-0.05, 0) is 23.6 Å². The Labute approximate surface area is 104 Å². The lowest BCUT2D eigenvalue weighted by molar-refractivity contribution is 0.199. The van der Waals surface area contributed by atoms with Crippen LogP contribution in [0.15, 0.2) is 35.0 Å². The number of benzene rings is 1. The van der Waals surface area contributed by atoms with Gasteiger partial charge in [0.25, 0.3) is 5.89 Å². The molecule has 1 aromatic carbocycles. The van der Waals surface area contributed by atoms with Gasteiger partial charge in [0.05, 0.1) is 6.61 Å². The highest BCUT2D eigenvalue weighted by molar-refractivity contribution is 5.83. The van der Waals surface area contributed by atoms with Crippen LogP contribution in [0.2, 0.25) is 0 Å². The standard InChI is InChI=1S/C13H13N3O2/c1-17-7-5-12-15-13(18-16-12)10-3-2-9-4-6-14-11(9)8-10/h2-4,6,8,14H,5,7H2,1H3. The molecule has 0 unspecified atom stereocenters. The molecular formula is C13H13N3O2. The Bertz CT molecular complexity index is 657. The number of H-pyrrole nitrogens is 1. The van der Waals surface area contributed by atoms with Gasteiger partial charge in [-0.1, -0.05) is 11.2 Å².